The van der Waals surface area contributed by atoms with E-state index in [0.29, 0.717) is 18.8 Å². The Bertz CT molecular complexity index is 869. The summed E-state index contributed by atoms with van der Waals surface area (Å²) in [6.07, 6.45) is 0. The van der Waals surface area contributed by atoms with Crippen molar-refractivity contribution in [3.63, 3.8) is 0 Å². The van der Waals surface area contributed by atoms with Crippen LogP contribution in [0.1, 0.15) is 15.9 Å². The Hall–Kier alpha value is -2.09. The van der Waals surface area contributed by atoms with Gasteiger partial charge in [-0.1, -0.05) is 23.7 Å². The minimum Gasteiger partial charge on any atom is -0.383 e. The molecule has 0 atom stereocenters. The van der Waals surface area contributed by atoms with Crippen LogP contribution in [0.2, 0.25) is 5.02 Å². The van der Waals surface area contributed by atoms with Crippen LogP contribution in [0.4, 0.5) is 5.69 Å². The smallest absolute Gasteiger partial charge is 0.261 e. The predicted octanol–water partition coefficient (Wildman–Crippen LogP) is 2.83. The van der Waals surface area contributed by atoms with E-state index in [0.717, 1.165) is 5.56 Å². The molecule has 8 heteroatoms. The number of hydrogen-bond donors (Lipinski definition) is 2. The first-order valence-corrected chi connectivity index (χ1v) is 9.36. The molecule has 2 aromatic carbocycles. The minimum absolute atomic E-state index is 0.0460. The van der Waals surface area contributed by atoms with Gasteiger partial charge in [-0.05, 0) is 42.8 Å². The third-order valence-electron chi connectivity index (χ3n) is 3.35. The highest BCUT2D eigenvalue weighted by Crippen LogP contribution is 2.23. The van der Waals surface area contributed by atoms with Gasteiger partial charge >= 0.3 is 0 Å². The fourth-order valence-corrected chi connectivity index (χ4v) is 3.41. The number of amides is 1. The summed E-state index contributed by atoms with van der Waals surface area (Å²) < 4.78 is 32.5. The second-order valence-corrected chi connectivity index (χ2v) is 7.45. The van der Waals surface area contributed by atoms with Gasteiger partial charge in [0.1, 0.15) is 0 Å². The molecular weight excluding hydrogens is 364 g/mol. The molecule has 1 amide bonds. The van der Waals surface area contributed by atoms with E-state index in [1.807, 2.05) is 13.0 Å². The van der Waals surface area contributed by atoms with Crippen molar-refractivity contribution >= 4 is 33.2 Å². The fourth-order valence-electron chi connectivity index (χ4n) is 2.13. The third-order valence-corrected chi connectivity index (χ3v) is 5.06. The van der Waals surface area contributed by atoms with Crippen LogP contribution in [0.5, 0.6) is 0 Å². The van der Waals surface area contributed by atoms with Crippen LogP contribution in [0.15, 0.2) is 47.4 Å². The van der Waals surface area contributed by atoms with Crippen LogP contribution >= 0.6 is 11.6 Å². The van der Waals surface area contributed by atoms with Crippen LogP contribution in [-0.2, 0) is 14.8 Å². The van der Waals surface area contributed by atoms with Crippen molar-refractivity contribution in [2.24, 2.45) is 0 Å². The van der Waals surface area contributed by atoms with Crippen molar-refractivity contribution in [1.29, 1.82) is 0 Å². The second-order valence-electron chi connectivity index (χ2n) is 5.37. The number of anilines is 1. The van der Waals surface area contributed by atoms with E-state index in [9.17, 15) is 13.2 Å². The molecule has 0 aliphatic heterocycles. The van der Waals surface area contributed by atoms with Gasteiger partial charge in [-0.2, -0.15) is 0 Å². The van der Waals surface area contributed by atoms with Crippen LogP contribution in [-0.4, -0.2) is 34.6 Å². The molecule has 0 spiro atoms. The van der Waals surface area contributed by atoms with Crippen LogP contribution in [0.3, 0.4) is 0 Å². The van der Waals surface area contributed by atoms with Gasteiger partial charge in [-0.25, -0.2) is 8.42 Å². The van der Waals surface area contributed by atoms with E-state index in [2.05, 4.69) is 10.0 Å². The molecule has 0 bridgehead atoms. The van der Waals surface area contributed by atoms with Crippen molar-refractivity contribution in [1.82, 2.24) is 5.32 Å². The topological polar surface area (TPSA) is 84.5 Å². The monoisotopic (exact) mass is 382 g/mol. The number of methoxy groups -OCH3 is 1. The molecular formula is C17H19ClN2O4S. The molecule has 0 heterocycles. The van der Waals surface area contributed by atoms with Crippen molar-refractivity contribution < 1.29 is 17.9 Å². The maximum absolute atomic E-state index is 12.6. The fraction of sp³-hybridized carbons (Fsp3) is 0.235. The van der Waals surface area contributed by atoms with E-state index in [-0.39, 0.29) is 15.5 Å². The number of carbonyl (C=O) groups excluding carboxylic acids is 1. The predicted molar refractivity (Wildman–Crippen MR) is 97.6 cm³/mol. The lowest BCUT2D eigenvalue weighted by Crippen LogP contribution is -2.27. The largest absolute Gasteiger partial charge is 0.383 e. The number of rotatable bonds is 7. The molecule has 0 radical (unpaired) electrons. The van der Waals surface area contributed by atoms with Gasteiger partial charge in [0.05, 0.1) is 22.1 Å². The number of benzene rings is 2. The van der Waals surface area contributed by atoms with Crippen molar-refractivity contribution in [3.8, 4) is 0 Å². The summed E-state index contributed by atoms with van der Waals surface area (Å²) in [5.41, 5.74) is 1.46. The average molecular weight is 383 g/mol. The number of hydrogen-bond acceptors (Lipinski definition) is 4. The molecule has 6 nitrogen and oxygen atoms in total. The van der Waals surface area contributed by atoms with Gasteiger partial charge in [0.2, 0.25) is 0 Å². The Morgan fingerprint density at radius 3 is 2.64 bits per heavy atom. The first-order valence-electron chi connectivity index (χ1n) is 7.49. The molecule has 134 valence electrons. The Morgan fingerprint density at radius 1 is 1.20 bits per heavy atom. The van der Waals surface area contributed by atoms with Gasteiger partial charge < -0.3 is 10.1 Å². The molecule has 2 N–H and O–H groups in total. The zero-order valence-electron chi connectivity index (χ0n) is 13.9. The standard InChI is InChI=1S/C17H19ClN2O4S/c1-12-4-3-5-13(10-12)20-25(22,23)14-6-7-16(18)15(11-14)17(21)19-8-9-24-2/h3-7,10-11,20H,8-9H2,1-2H3,(H,19,21). The Kier molecular flexibility index (Phi) is 6.41. The number of ether oxygens (including phenoxy) is 1. The number of nitrogens with one attached hydrogen (secondary N) is 2. The quantitative estimate of drug-likeness (QED) is 0.721. The lowest BCUT2D eigenvalue weighted by molar-refractivity contribution is 0.0937. The molecule has 0 aliphatic rings. The summed E-state index contributed by atoms with van der Waals surface area (Å²) in [5, 5.41) is 2.78. The van der Waals surface area contributed by atoms with E-state index in [4.69, 9.17) is 16.3 Å². The molecule has 0 saturated carbocycles. The summed E-state index contributed by atoms with van der Waals surface area (Å²) >= 11 is 6.03. The Labute approximate surface area is 152 Å². The molecule has 0 fully saturated rings. The normalized spacial score (nSPS) is 11.2. The van der Waals surface area contributed by atoms with Crippen LogP contribution < -0.4 is 10.0 Å². The van der Waals surface area contributed by atoms with Crippen molar-refractivity contribution in [2.45, 2.75) is 11.8 Å². The van der Waals surface area contributed by atoms with Gasteiger partial charge in [-0.3, -0.25) is 9.52 Å². The van der Waals surface area contributed by atoms with Gasteiger partial charge in [-0.15, -0.1) is 0 Å². The third kappa shape index (κ3) is 5.19. The van der Waals surface area contributed by atoms with Gasteiger partial charge in [0.25, 0.3) is 15.9 Å². The van der Waals surface area contributed by atoms with Gasteiger partial charge in [0, 0.05) is 19.3 Å². The summed E-state index contributed by atoms with van der Waals surface area (Å²) in [6, 6.07) is 11.0. The Balaban J connectivity index is 2.26. The molecule has 0 aromatic heterocycles. The second kappa shape index (κ2) is 8.33. The number of halogens is 1. The first-order chi connectivity index (χ1) is 11.8. The van der Waals surface area contributed by atoms with E-state index in [1.165, 1.54) is 25.3 Å². The average Bonchev–Trinajstić information content (AvgIpc) is 2.54. The van der Waals surface area contributed by atoms with E-state index in [1.54, 1.807) is 18.2 Å². The molecule has 2 rings (SSSR count). The van der Waals surface area contributed by atoms with Crippen molar-refractivity contribution in [3.05, 3.63) is 58.6 Å². The Morgan fingerprint density at radius 2 is 1.96 bits per heavy atom. The number of sulfonamides is 1. The highest BCUT2D eigenvalue weighted by molar-refractivity contribution is 7.92. The number of carbonyl (C=O) groups is 1. The summed E-state index contributed by atoms with van der Waals surface area (Å²) in [5.74, 6) is -0.463. The van der Waals surface area contributed by atoms with E-state index < -0.39 is 15.9 Å². The highest BCUT2D eigenvalue weighted by atomic mass is 35.5. The van der Waals surface area contributed by atoms with Crippen LogP contribution in [0.25, 0.3) is 0 Å². The molecule has 0 aliphatic carbocycles. The first kappa shape index (κ1) is 19.2. The number of aryl methyl sites for hydroxylation is 1. The maximum Gasteiger partial charge on any atom is 0.261 e. The lowest BCUT2D eigenvalue weighted by Gasteiger charge is -2.11. The summed E-state index contributed by atoms with van der Waals surface area (Å²) in [6.45, 7) is 2.50. The molecule has 0 unspecified atom stereocenters. The SMILES string of the molecule is COCCNC(=O)c1cc(S(=O)(=O)Nc2cccc(C)c2)ccc1Cl. The minimum atomic E-state index is -3.84. The summed E-state index contributed by atoms with van der Waals surface area (Å²) in [4.78, 5) is 12.1. The highest BCUT2D eigenvalue weighted by Gasteiger charge is 2.19. The van der Waals surface area contributed by atoms with Crippen LogP contribution in [0, 0.1) is 6.92 Å². The van der Waals surface area contributed by atoms with Gasteiger partial charge in [0.15, 0.2) is 0 Å². The lowest BCUT2D eigenvalue weighted by atomic mass is 10.2. The molecule has 2 aromatic rings. The van der Waals surface area contributed by atoms with E-state index >= 15 is 0 Å². The zero-order valence-corrected chi connectivity index (χ0v) is 15.4. The zero-order chi connectivity index (χ0) is 18.4. The summed E-state index contributed by atoms with van der Waals surface area (Å²) in [7, 11) is -2.32. The molecule has 0 saturated heterocycles. The van der Waals surface area contributed by atoms with Crippen molar-refractivity contribution in [2.75, 3.05) is 25.0 Å². The maximum atomic E-state index is 12.6. The molecule has 25 heavy (non-hydrogen) atoms.